The Morgan fingerprint density at radius 2 is 2.12 bits per heavy atom. The summed E-state index contributed by atoms with van der Waals surface area (Å²) in [5.41, 5.74) is 1.42. The van der Waals surface area contributed by atoms with E-state index in [1.807, 2.05) is 11.8 Å². The van der Waals surface area contributed by atoms with Crippen molar-refractivity contribution in [3.05, 3.63) is 47.5 Å². The minimum atomic E-state index is -1.00. The number of piperazine rings is 1. The molecule has 0 radical (unpaired) electrons. The molecule has 3 aromatic rings. The smallest absolute Gasteiger partial charge is 0.324 e. The van der Waals surface area contributed by atoms with Crippen LogP contribution < -0.4 is 15.0 Å². The second-order valence-corrected chi connectivity index (χ2v) is 9.24. The fourth-order valence-corrected chi connectivity index (χ4v) is 4.97. The Kier molecular flexibility index (Phi) is 7.15. The van der Waals surface area contributed by atoms with Gasteiger partial charge in [-0.25, -0.2) is 18.6 Å². The number of halogens is 2. The van der Waals surface area contributed by atoms with Crippen molar-refractivity contribution in [2.24, 2.45) is 0 Å². The highest BCUT2D eigenvalue weighted by atomic mass is 32.1. The number of aliphatic hydroxyl groups is 2. The molecule has 2 atom stereocenters. The number of hydrogen-bond acceptors (Lipinski definition) is 7. The molecule has 11 heteroatoms. The number of urea groups is 1. The summed E-state index contributed by atoms with van der Waals surface area (Å²) in [5, 5.41) is 22.0. The summed E-state index contributed by atoms with van der Waals surface area (Å²) in [5.74, 6) is -0.406. The number of ether oxygens (including phenoxy) is 1. The van der Waals surface area contributed by atoms with Gasteiger partial charge in [-0.2, -0.15) is 0 Å². The van der Waals surface area contributed by atoms with Gasteiger partial charge in [-0.1, -0.05) is 11.3 Å². The Morgan fingerprint density at radius 3 is 2.82 bits per heavy atom. The lowest BCUT2D eigenvalue weighted by molar-refractivity contribution is 0.0949. The van der Waals surface area contributed by atoms with Crippen molar-refractivity contribution >= 4 is 38.4 Å². The number of fused-ring (bicyclic) bond motifs is 1. The van der Waals surface area contributed by atoms with Crippen molar-refractivity contribution in [3.63, 3.8) is 0 Å². The first-order chi connectivity index (χ1) is 16.3. The maximum atomic E-state index is 14.9. The third-order valence-electron chi connectivity index (χ3n) is 5.81. The summed E-state index contributed by atoms with van der Waals surface area (Å²) in [4.78, 5) is 20.7. The van der Waals surface area contributed by atoms with E-state index in [2.05, 4.69) is 10.3 Å². The second-order valence-electron chi connectivity index (χ2n) is 8.21. The normalized spacial score (nSPS) is 17.2. The van der Waals surface area contributed by atoms with Crippen LogP contribution in [0.2, 0.25) is 0 Å². The first-order valence-electron chi connectivity index (χ1n) is 10.8. The quantitative estimate of drug-likeness (QED) is 0.489. The number of methoxy groups -OCH3 is 1. The average molecular weight is 493 g/mol. The van der Waals surface area contributed by atoms with Crippen molar-refractivity contribution in [2.75, 3.05) is 43.6 Å². The number of carbonyl (C=O) groups excluding carboxylic acids is 1. The van der Waals surface area contributed by atoms with Crippen molar-refractivity contribution in [1.29, 1.82) is 0 Å². The maximum Gasteiger partial charge on any atom is 0.324 e. The minimum absolute atomic E-state index is 0.0691. The van der Waals surface area contributed by atoms with Crippen molar-refractivity contribution in [1.82, 2.24) is 9.88 Å². The van der Waals surface area contributed by atoms with E-state index in [4.69, 9.17) is 9.84 Å². The molecule has 1 fully saturated rings. The second kappa shape index (κ2) is 10.1. The van der Waals surface area contributed by atoms with Gasteiger partial charge in [-0.3, -0.25) is 5.32 Å². The largest absolute Gasteiger partial charge is 0.496 e. The summed E-state index contributed by atoms with van der Waals surface area (Å²) in [7, 11) is 1.47. The average Bonchev–Trinajstić information content (AvgIpc) is 3.20. The fourth-order valence-electron chi connectivity index (χ4n) is 4.09. The van der Waals surface area contributed by atoms with E-state index >= 15 is 0 Å². The highest BCUT2D eigenvalue weighted by Gasteiger charge is 2.30. The van der Waals surface area contributed by atoms with Gasteiger partial charge in [0.05, 0.1) is 35.7 Å². The number of anilines is 2. The molecule has 182 valence electrons. The van der Waals surface area contributed by atoms with E-state index in [1.54, 1.807) is 17.0 Å². The molecule has 1 aromatic heterocycles. The number of nitrogens with one attached hydrogen (secondary N) is 1. The Morgan fingerprint density at radius 1 is 1.32 bits per heavy atom. The fraction of sp³-hybridized carbons (Fsp3) is 0.391. The predicted molar refractivity (Wildman–Crippen MR) is 127 cm³/mol. The third-order valence-corrected chi connectivity index (χ3v) is 6.74. The molecule has 1 saturated heterocycles. The zero-order chi connectivity index (χ0) is 24.4. The van der Waals surface area contributed by atoms with Gasteiger partial charge in [0.2, 0.25) is 0 Å². The molecule has 34 heavy (non-hydrogen) atoms. The minimum Gasteiger partial charge on any atom is -0.496 e. The molecule has 0 saturated carbocycles. The molecular formula is C23H26F2N4O4S. The topological polar surface area (TPSA) is 98.2 Å². The van der Waals surface area contributed by atoms with Crippen LogP contribution >= 0.6 is 11.3 Å². The molecule has 1 aliphatic heterocycles. The van der Waals surface area contributed by atoms with Crippen molar-refractivity contribution < 1.29 is 28.5 Å². The first-order valence-corrected chi connectivity index (χ1v) is 11.6. The number of rotatable bonds is 6. The Hall–Kier alpha value is -3.02. The lowest BCUT2D eigenvalue weighted by atomic mass is 10.0. The van der Waals surface area contributed by atoms with Crippen LogP contribution in [0.4, 0.5) is 24.4 Å². The van der Waals surface area contributed by atoms with Gasteiger partial charge < -0.3 is 24.7 Å². The van der Waals surface area contributed by atoms with Crippen LogP contribution in [0.3, 0.4) is 0 Å². The third kappa shape index (κ3) is 5.06. The molecule has 2 heterocycles. The lowest BCUT2D eigenvalue weighted by Crippen LogP contribution is -2.55. The Bertz CT molecular complexity index is 1190. The van der Waals surface area contributed by atoms with E-state index in [9.17, 15) is 18.7 Å². The zero-order valence-electron chi connectivity index (χ0n) is 18.8. The van der Waals surface area contributed by atoms with Crippen LogP contribution in [0.15, 0.2) is 30.3 Å². The molecule has 1 aliphatic rings. The van der Waals surface area contributed by atoms with E-state index in [0.29, 0.717) is 52.0 Å². The zero-order valence-corrected chi connectivity index (χ0v) is 19.6. The predicted octanol–water partition coefficient (Wildman–Crippen LogP) is 3.22. The summed E-state index contributed by atoms with van der Waals surface area (Å²) in [6, 6.07) is 6.62. The number of amides is 2. The van der Waals surface area contributed by atoms with Crippen molar-refractivity contribution in [3.8, 4) is 5.75 Å². The van der Waals surface area contributed by atoms with E-state index in [1.165, 1.54) is 36.6 Å². The van der Waals surface area contributed by atoms with Crippen molar-refractivity contribution in [2.45, 2.75) is 25.5 Å². The molecular weight excluding hydrogens is 466 g/mol. The molecule has 2 amide bonds. The Balaban J connectivity index is 1.44. The number of benzene rings is 2. The summed E-state index contributed by atoms with van der Waals surface area (Å²) < 4.78 is 34.4. The maximum absolute atomic E-state index is 14.9. The lowest BCUT2D eigenvalue weighted by Gasteiger charge is -2.41. The SMILES string of the molecule is COc1cc(N2CCN(C(=O)Nc3nc4ccc(F)cc4s3)[C@@H](C)C2)c(F)cc1C[C@@H](O)CO. The molecule has 2 aromatic carbocycles. The number of aromatic nitrogens is 1. The highest BCUT2D eigenvalue weighted by molar-refractivity contribution is 7.22. The molecule has 0 aliphatic carbocycles. The number of carbonyl (C=O) groups is 1. The molecule has 0 spiro atoms. The van der Waals surface area contributed by atoms with Gasteiger partial charge in [0.25, 0.3) is 0 Å². The molecule has 8 nitrogen and oxygen atoms in total. The van der Waals surface area contributed by atoms with Crippen LogP contribution in [0.1, 0.15) is 12.5 Å². The summed E-state index contributed by atoms with van der Waals surface area (Å²) in [6.45, 7) is 2.61. The van der Waals surface area contributed by atoms with Crippen LogP contribution in [0, 0.1) is 11.6 Å². The van der Waals surface area contributed by atoms with E-state index in [-0.39, 0.29) is 24.3 Å². The monoisotopic (exact) mass is 492 g/mol. The number of aliphatic hydroxyl groups excluding tert-OH is 2. The van der Waals surface area contributed by atoms with Gasteiger partial charge in [-0.15, -0.1) is 0 Å². The van der Waals surface area contributed by atoms with Gasteiger partial charge >= 0.3 is 6.03 Å². The summed E-state index contributed by atoms with van der Waals surface area (Å²) in [6.07, 6.45) is -0.935. The molecule has 0 unspecified atom stereocenters. The highest BCUT2D eigenvalue weighted by Crippen LogP contribution is 2.32. The number of nitrogens with zero attached hydrogens (tertiary/aromatic N) is 3. The van der Waals surface area contributed by atoms with Gasteiger partial charge in [0.15, 0.2) is 5.13 Å². The number of thiazole rings is 1. The summed E-state index contributed by atoms with van der Waals surface area (Å²) >= 11 is 1.20. The standard InChI is InChI=1S/C23H26F2N4O4S/c1-13-11-28(19-10-20(33-2)14(8-17(19)25)7-16(31)12-30)5-6-29(13)23(32)27-22-26-18-4-3-15(24)9-21(18)34-22/h3-4,8-10,13,16,30-31H,5-7,11-12H2,1-2H3,(H,26,27,32)/t13-,16+/m0/s1. The van der Waals surface area contributed by atoms with Crippen LogP contribution in [0.25, 0.3) is 10.2 Å². The van der Waals surface area contributed by atoms with Crippen LogP contribution in [0.5, 0.6) is 5.75 Å². The molecule has 4 rings (SSSR count). The van der Waals surface area contributed by atoms with E-state index < -0.39 is 18.5 Å². The van der Waals surface area contributed by atoms with E-state index in [0.717, 1.165) is 0 Å². The van der Waals surface area contributed by atoms with Gasteiger partial charge in [0, 0.05) is 38.2 Å². The van der Waals surface area contributed by atoms with Crippen LogP contribution in [-0.2, 0) is 6.42 Å². The number of hydrogen-bond donors (Lipinski definition) is 3. The van der Waals surface area contributed by atoms with Gasteiger partial charge in [-0.05, 0) is 36.8 Å². The van der Waals surface area contributed by atoms with Gasteiger partial charge in [0.1, 0.15) is 17.4 Å². The molecule has 0 bridgehead atoms. The van der Waals surface area contributed by atoms with Crippen LogP contribution in [-0.4, -0.2) is 71.6 Å². The Labute approximate surface area is 199 Å². The molecule has 3 N–H and O–H groups in total. The first kappa shape index (κ1) is 24.1.